The highest BCUT2D eigenvalue weighted by Crippen LogP contribution is 2.22. The molecule has 6 nitrogen and oxygen atoms in total. The predicted octanol–water partition coefficient (Wildman–Crippen LogP) is 2.54. The average molecular weight is 335 g/mol. The first-order valence-electron chi connectivity index (χ1n) is 6.70. The molecule has 0 bridgehead atoms. The second kappa shape index (κ2) is 7.60. The molecule has 0 unspecified atom stereocenters. The molecule has 0 radical (unpaired) electrons. The van der Waals surface area contributed by atoms with Gasteiger partial charge in [0.2, 0.25) is 6.10 Å². The minimum Gasteiger partial charge on any atom is -0.466 e. The van der Waals surface area contributed by atoms with Crippen LogP contribution < -0.4 is 0 Å². The number of esters is 2. The summed E-state index contributed by atoms with van der Waals surface area (Å²) < 4.78 is 11.5. The number of carbonyl (C=O) groups is 2. The van der Waals surface area contributed by atoms with E-state index in [0.29, 0.717) is 10.6 Å². The van der Waals surface area contributed by atoms with E-state index in [9.17, 15) is 9.59 Å². The van der Waals surface area contributed by atoms with Crippen LogP contribution in [-0.2, 0) is 26.1 Å². The molecule has 0 aliphatic carbocycles. The van der Waals surface area contributed by atoms with Crippen molar-refractivity contribution in [2.45, 2.75) is 6.10 Å². The van der Waals surface area contributed by atoms with Gasteiger partial charge in [-0.15, -0.1) is 0 Å². The molecule has 23 heavy (non-hydrogen) atoms. The van der Waals surface area contributed by atoms with Crippen LogP contribution in [0, 0.1) is 0 Å². The minimum atomic E-state index is -1.18. The highest BCUT2D eigenvalue weighted by atomic mass is 35.5. The number of benzene rings is 1. The zero-order chi connectivity index (χ0) is 16.8. The molecule has 0 aliphatic heterocycles. The third kappa shape index (κ3) is 4.69. The van der Waals surface area contributed by atoms with E-state index in [1.54, 1.807) is 54.5 Å². The van der Waals surface area contributed by atoms with E-state index in [0.717, 1.165) is 5.56 Å². The molecule has 0 aliphatic rings. The number of carbonyl (C=O) groups excluding carboxylic acids is 2. The van der Waals surface area contributed by atoms with Gasteiger partial charge >= 0.3 is 11.9 Å². The minimum absolute atomic E-state index is 0.429. The van der Waals surface area contributed by atoms with E-state index >= 15 is 0 Å². The van der Waals surface area contributed by atoms with Crippen LogP contribution in [0.3, 0.4) is 0 Å². The largest absolute Gasteiger partial charge is 0.466 e. The van der Waals surface area contributed by atoms with Crippen LogP contribution >= 0.6 is 11.6 Å². The smallest absolute Gasteiger partial charge is 0.351 e. The van der Waals surface area contributed by atoms with Gasteiger partial charge in [0, 0.05) is 35.5 Å². The van der Waals surface area contributed by atoms with Gasteiger partial charge in [-0.1, -0.05) is 23.7 Å². The van der Waals surface area contributed by atoms with Crippen molar-refractivity contribution >= 4 is 29.6 Å². The Morgan fingerprint density at radius 2 is 2.17 bits per heavy atom. The summed E-state index contributed by atoms with van der Waals surface area (Å²) in [4.78, 5) is 23.8. The van der Waals surface area contributed by atoms with E-state index < -0.39 is 18.0 Å². The average Bonchev–Trinajstić information content (AvgIpc) is 2.95. The maximum atomic E-state index is 11.9. The Morgan fingerprint density at radius 3 is 2.78 bits per heavy atom. The molecule has 1 aromatic carbocycles. The van der Waals surface area contributed by atoms with Crippen molar-refractivity contribution in [3.8, 4) is 0 Å². The summed E-state index contributed by atoms with van der Waals surface area (Å²) in [5.41, 5.74) is 1.18. The summed E-state index contributed by atoms with van der Waals surface area (Å²) in [5.74, 6) is -1.36. The molecule has 0 fully saturated rings. The first-order chi connectivity index (χ1) is 11.0. The van der Waals surface area contributed by atoms with Crippen LogP contribution in [0.2, 0.25) is 5.02 Å². The molecule has 2 rings (SSSR count). The van der Waals surface area contributed by atoms with E-state index in [4.69, 9.17) is 16.3 Å². The number of halogens is 1. The number of rotatable bonds is 5. The van der Waals surface area contributed by atoms with Crippen LogP contribution in [0.15, 0.2) is 42.7 Å². The van der Waals surface area contributed by atoms with Gasteiger partial charge in [0.15, 0.2) is 0 Å². The molecule has 1 aromatic heterocycles. The summed E-state index contributed by atoms with van der Waals surface area (Å²) in [6.45, 7) is 0. The third-order valence-corrected chi connectivity index (χ3v) is 3.17. The second-order valence-corrected chi connectivity index (χ2v) is 5.11. The number of nitrogens with zero attached hydrogens (tertiary/aromatic N) is 2. The van der Waals surface area contributed by atoms with Crippen molar-refractivity contribution in [1.29, 1.82) is 0 Å². The van der Waals surface area contributed by atoms with Gasteiger partial charge in [0.05, 0.1) is 13.3 Å². The van der Waals surface area contributed by atoms with Crippen molar-refractivity contribution in [2.75, 3.05) is 7.11 Å². The molecular formula is C16H15ClN2O4. The fraction of sp³-hybridized carbons (Fsp3) is 0.188. The van der Waals surface area contributed by atoms with Gasteiger partial charge < -0.3 is 9.47 Å². The highest BCUT2D eigenvalue weighted by Gasteiger charge is 2.25. The van der Waals surface area contributed by atoms with Crippen LogP contribution in [-0.4, -0.2) is 28.8 Å². The summed E-state index contributed by atoms with van der Waals surface area (Å²) in [5, 5.41) is 4.41. The van der Waals surface area contributed by atoms with E-state index in [-0.39, 0.29) is 0 Å². The lowest BCUT2D eigenvalue weighted by Crippen LogP contribution is -2.20. The molecule has 1 atom stereocenters. The topological polar surface area (TPSA) is 70.4 Å². The van der Waals surface area contributed by atoms with Gasteiger partial charge in [0.25, 0.3) is 0 Å². The zero-order valence-corrected chi connectivity index (χ0v) is 13.4. The van der Waals surface area contributed by atoms with E-state index in [2.05, 4.69) is 9.84 Å². The number of aromatic nitrogens is 2. The standard InChI is InChI=1S/C16H15ClN2O4/c1-19-10-11(9-18-19)6-7-14(20)23-15(16(21)22-2)12-4-3-5-13(17)8-12/h3-10,15H,1-2H3/b7-6+/t15-/m0/s1. The summed E-state index contributed by atoms with van der Waals surface area (Å²) in [6, 6.07) is 6.49. The number of hydrogen-bond acceptors (Lipinski definition) is 5. The van der Waals surface area contributed by atoms with Crippen LogP contribution in [0.4, 0.5) is 0 Å². The number of ether oxygens (including phenoxy) is 2. The number of hydrogen-bond donors (Lipinski definition) is 0. The molecule has 0 spiro atoms. The van der Waals surface area contributed by atoms with E-state index in [1.165, 1.54) is 13.2 Å². The summed E-state index contributed by atoms with van der Waals surface area (Å²) in [7, 11) is 2.99. The Bertz CT molecular complexity index is 739. The molecule has 120 valence electrons. The monoisotopic (exact) mass is 334 g/mol. The Hall–Kier alpha value is -2.60. The fourth-order valence-electron chi connectivity index (χ4n) is 1.87. The van der Waals surface area contributed by atoms with Gasteiger partial charge in [-0.05, 0) is 18.2 Å². The van der Waals surface area contributed by atoms with Crippen molar-refractivity contribution in [2.24, 2.45) is 7.05 Å². The Balaban J connectivity index is 2.13. The first-order valence-corrected chi connectivity index (χ1v) is 7.08. The highest BCUT2D eigenvalue weighted by molar-refractivity contribution is 6.30. The molecule has 2 aromatic rings. The van der Waals surface area contributed by atoms with Crippen molar-refractivity contribution in [3.63, 3.8) is 0 Å². The quantitative estimate of drug-likeness (QED) is 0.620. The molecule has 0 saturated carbocycles. The van der Waals surface area contributed by atoms with Gasteiger partial charge in [-0.2, -0.15) is 5.10 Å². The fourth-order valence-corrected chi connectivity index (χ4v) is 2.07. The normalized spacial score (nSPS) is 12.1. The second-order valence-electron chi connectivity index (χ2n) is 4.68. The van der Waals surface area contributed by atoms with Gasteiger partial charge in [0.1, 0.15) is 0 Å². The number of methoxy groups -OCH3 is 1. The molecule has 1 heterocycles. The number of aryl methyl sites for hydroxylation is 1. The van der Waals surface area contributed by atoms with Crippen molar-refractivity contribution in [3.05, 3.63) is 58.9 Å². The third-order valence-electron chi connectivity index (χ3n) is 2.94. The summed E-state index contributed by atoms with van der Waals surface area (Å²) in [6.07, 6.45) is 4.92. The Kier molecular flexibility index (Phi) is 5.54. The maximum absolute atomic E-state index is 11.9. The van der Waals surface area contributed by atoms with Crippen molar-refractivity contribution < 1.29 is 19.1 Å². The molecule has 0 N–H and O–H groups in total. The lowest BCUT2D eigenvalue weighted by Gasteiger charge is -2.15. The lowest BCUT2D eigenvalue weighted by atomic mass is 10.1. The molecule has 0 amide bonds. The van der Waals surface area contributed by atoms with Crippen LogP contribution in [0.1, 0.15) is 17.2 Å². The Morgan fingerprint density at radius 1 is 1.39 bits per heavy atom. The molecule has 0 saturated heterocycles. The summed E-state index contributed by atoms with van der Waals surface area (Å²) >= 11 is 5.90. The first kappa shape index (κ1) is 16.8. The SMILES string of the molecule is COC(=O)[C@@H](OC(=O)/C=C/c1cnn(C)c1)c1cccc(Cl)c1. The maximum Gasteiger partial charge on any atom is 0.351 e. The van der Waals surface area contributed by atoms with Gasteiger partial charge in [-0.25, -0.2) is 9.59 Å². The van der Waals surface area contributed by atoms with Crippen LogP contribution in [0.5, 0.6) is 0 Å². The zero-order valence-electron chi connectivity index (χ0n) is 12.6. The van der Waals surface area contributed by atoms with Crippen molar-refractivity contribution in [1.82, 2.24) is 9.78 Å². The van der Waals surface area contributed by atoms with Crippen LogP contribution in [0.25, 0.3) is 6.08 Å². The molecular weight excluding hydrogens is 320 g/mol. The predicted molar refractivity (Wildman–Crippen MR) is 84.5 cm³/mol. The van der Waals surface area contributed by atoms with Gasteiger partial charge in [-0.3, -0.25) is 4.68 Å². The lowest BCUT2D eigenvalue weighted by molar-refractivity contribution is -0.163. The van der Waals surface area contributed by atoms with E-state index in [1.807, 2.05) is 0 Å². The molecule has 7 heteroatoms. The Labute approximate surface area is 138 Å².